The van der Waals surface area contributed by atoms with Crippen LogP contribution in [0.15, 0.2) is 53.0 Å². The molecule has 36 heavy (non-hydrogen) atoms. The van der Waals surface area contributed by atoms with Crippen molar-refractivity contribution in [1.82, 2.24) is 10.2 Å². The lowest BCUT2D eigenvalue weighted by Crippen LogP contribution is -2.38. The molecule has 194 valence electrons. The molecule has 2 amide bonds. The van der Waals surface area contributed by atoms with E-state index in [0.717, 1.165) is 43.1 Å². The Balaban J connectivity index is 1.61. The van der Waals surface area contributed by atoms with Crippen molar-refractivity contribution >= 4 is 35.4 Å². The van der Waals surface area contributed by atoms with Crippen LogP contribution in [0.25, 0.3) is 6.08 Å². The Kier molecular flexibility index (Phi) is 10.1. The topological polar surface area (TPSA) is 61.6 Å². The molecule has 1 heterocycles. The lowest BCUT2D eigenvalue weighted by molar-refractivity contribution is -0.413. The van der Waals surface area contributed by atoms with E-state index < -0.39 is 0 Å². The van der Waals surface area contributed by atoms with Gasteiger partial charge in [-0.15, -0.1) is 0 Å². The third-order valence-corrected chi connectivity index (χ3v) is 7.26. The zero-order valence-electron chi connectivity index (χ0n) is 22.4. The lowest BCUT2D eigenvalue weighted by Gasteiger charge is -2.26. The molecule has 1 aliphatic carbocycles. The fourth-order valence-electron chi connectivity index (χ4n) is 4.42. The minimum absolute atomic E-state index is 0.00521. The molecule has 7 heteroatoms. The highest BCUT2D eigenvalue weighted by atomic mass is 32.2. The molecule has 2 aliphatic rings. The molecule has 6 nitrogen and oxygen atoms in total. The maximum atomic E-state index is 13.0. The number of benzene rings is 1. The quantitative estimate of drug-likeness (QED) is 0.272. The van der Waals surface area contributed by atoms with Crippen LogP contribution in [0.5, 0.6) is 5.75 Å². The van der Waals surface area contributed by atoms with Gasteiger partial charge in [0.15, 0.2) is 0 Å². The summed E-state index contributed by atoms with van der Waals surface area (Å²) in [7, 11) is 3.41. The summed E-state index contributed by atoms with van der Waals surface area (Å²) >= 11 is 1.51. The first-order valence-corrected chi connectivity index (χ1v) is 13.6. The maximum Gasteiger partial charge on any atom is 0.425 e. The third-order valence-electron chi connectivity index (χ3n) is 6.06. The monoisotopic (exact) mass is 510 g/mol. The molecule has 1 atom stereocenters. The van der Waals surface area contributed by atoms with Crippen molar-refractivity contribution in [2.75, 3.05) is 40.3 Å². The van der Waals surface area contributed by atoms with E-state index in [-0.39, 0.29) is 17.1 Å². The van der Waals surface area contributed by atoms with Crippen LogP contribution in [0.1, 0.15) is 39.7 Å². The summed E-state index contributed by atoms with van der Waals surface area (Å²) in [6, 6.07) is 7.63. The van der Waals surface area contributed by atoms with Gasteiger partial charge in [-0.05, 0) is 48.6 Å². The number of amides is 2. The van der Waals surface area contributed by atoms with Crippen LogP contribution in [0.2, 0.25) is 0 Å². The molecule has 1 unspecified atom stereocenters. The number of ether oxygens (including phenoxy) is 1. The van der Waals surface area contributed by atoms with Gasteiger partial charge in [-0.2, -0.15) is 4.58 Å². The van der Waals surface area contributed by atoms with Gasteiger partial charge in [0, 0.05) is 31.3 Å². The van der Waals surface area contributed by atoms with E-state index in [1.807, 2.05) is 48.6 Å². The van der Waals surface area contributed by atoms with Gasteiger partial charge in [0.2, 0.25) is 5.71 Å². The molecule has 1 aliphatic heterocycles. The Morgan fingerprint density at radius 1 is 1.17 bits per heavy atom. The number of fused-ring (bicyclic) bond motifs is 1. The Morgan fingerprint density at radius 3 is 2.44 bits per heavy atom. The highest BCUT2D eigenvalue weighted by Gasteiger charge is 2.37. The lowest BCUT2D eigenvalue weighted by atomic mass is 10.0. The fraction of sp³-hybridized carbons (Fsp3) is 0.483. The van der Waals surface area contributed by atoms with Gasteiger partial charge in [-0.25, -0.2) is 4.79 Å². The van der Waals surface area contributed by atoms with Crippen molar-refractivity contribution in [1.29, 1.82) is 0 Å². The second kappa shape index (κ2) is 13.1. The standard InChI is InChI=1S/C29H39N3O3S/c1-20(2)18-32(19-21(3)4)15-7-14-30-28(33)23-10-13-26-25(17-23)31(5)29(34)27(36-26)16-22-8-11-24(35-6)12-9-22/h8-13,16-17,20-21,26H,7,14-15,18-19H2,1-6H3/p+1/b27-16-. The molecule has 0 fully saturated rings. The smallest absolute Gasteiger partial charge is 0.425 e. The van der Waals surface area contributed by atoms with Gasteiger partial charge >= 0.3 is 5.91 Å². The number of hydrogen-bond donors (Lipinski definition) is 1. The molecule has 0 radical (unpaired) electrons. The first kappa shape index (κ1) is 27.9. The van der Waals surface area contributed by atoms with Gasteiger partial charge in [0.05, 0.1) is 7.11 Å². The summed E-state index contributed by atoms with van der Waals surface area (Å²) in [5, 5.41) is 3.05. The summed E-state index contributed by atoms with van der Waals surface area (Å²) in [5.41, 5.74) is 2.37. The van der Waals surface area contributed by atoms with Crippen molar-refractivity contribution in [2.24, 2.45) is 11.8 Å². The third kappa shape index (κ3) is 7.68. The van der Waals surface area contributed by atoms with Gasteiger partial charge in [0.25, 0.3) is 5.91 Å². The van der Waals surface area contributed by atoms with Crippen LogP contribution < -0.4 is 10.1 Å². The van der Waals surface area contributed by atoms with Crippen molar-refractivity contribution in [2.45, 2.75) is 39.4 Å². The van der Waals surface area contributed by atoms with Crippen molar-refractivity contribution in [3.63, 3.8) is 0 Å². The normalized spacial score (nSPS) is 18.8. The summed E-state index contributed by atoms with van der Waals surface area (Å²) < 4.78 is 6.87. The van der Waals surface area contributed by atoms with Crippen LogP contribution in [0.3, 0.4) is 0 Å². The Morgan fingerprint density at radius 2 is 1.83 bits per heavy atom. The van der Waals surface area contributed by atoms with E-state index in [9.17, 15) is 9.59 Å². The zero-order valence-corrected chi connectivity index (χ0v) is 23.2. The number of carbonyl (C=O) groups excluding carboxylic acids is 2. The average Bonchev–Trinajstić information content (AvgIpc) is 2.84. The van der Waals surface area contributed by atoms with E-state index >= 15 is 0 Å². The van der Waals surface area contributed by atoms with Gasteiger partial charge in [-0.1, -0.05) is 63.7 Å². The SMILES string of the molecule is COc1ccc(/C=C2\SC3C=CC(C(=O)NCCCN(CC(C)C)CC(C)C)=CC3=[N+](C)C2=O)cc1. The van der Waals surface area contributed by atoms with Gasteiger partial charge in [0.1, 0.15) is 23.0 Å². The minimum atomic E-state index is -0.0955. The van der Waals surface area contributed by atoms with Crippen LogP contribution >= 0.6 is 11.8 Å². The molecule has 0 saturated heterocycles. The molecule has 1 aromatic rings. The van der Waals surface area contributed by atoms with Crippen molar-refractivity contribution < 1.29 is 18.9 Å². The molecule has 3 rings (SSSR count). The zero-order chi connectivity index (χ0) is 26.2. The summed E-state index contributed by atoms with van der Waals surface area (Å²) in [6.07, 6.45) is 8.54. The van der Waals surface area contributed by atoms with E-state index in [2.05, 4.69) is 37.9 Å². The van der Waals surface area contributed by atoms with Crippen LogP contribution in [0, 0.1) is 11.8 Å². The number of methoxy groups -OCH3 is 1. The number of carbonyl (C=O) groups is 2. The molecule has 0 bridgehead atoms. The first-order valence-electron chi connectivity index (χ1n) is 12.8. The van der Waals surface area contributed by atoms with E-state index in [0.29, 0.717) is 28.9 Å². The second-order valence-corrected chi connectivity index (χ2v) is 11.4. The molecular weight excluding hydrogens is 470 g/mol. The second-order valence-electron chi connectivity index (χ2n) is 10.2. The van der Waals surface area contributed by atoms with E-state index in [1.165, 1.54) is 11.8 Å². The highest BCUT2D eigenvalue weighted by molar-refractivity contribution is 8.05. The number of hydrogen-bond acceptors (Lipinski definition) is 5. The number of rotatable bonds is 11. The van der Waals surface area contributed by atoms with Crippen LogP contribution in [0.4, 0.5) is 0 Å². The minimum Gasteiger partial charge on any atom is -0.497 e. The largest absolute Gasteiger partial charge is 0.497 e. The van der Waals surface area contributed by atoms with Crippen molar-refractivity contribution in [3.8, 4) is 5.75 Å². The Bertz CT molecular complexity index is 1060. The predicted octanol–water partition coefficient (Wildman–Crippen LogP) is 4.38. The highest BCUT2D eigenvalue weighted by Crippen LogP contribution is 2.33. The summed E-state index contributed by atoms with van der Waals surface area (Å²) in [5.74, 6) is 1.87. The molecule has 0 spiro atoms. The van der Waals surface area contributed by atoms with Crippen LogP contribution in [-0.2, 0) is 9.59 Å². The number of likely N-dealkylation sites (N-methyl/N-ethyl adjacent to an activating group) is 1. The number of allylic oxidation sites excluding steroid dienone is 1. The van der Waals surface area contributed by atoms with Crippen LogP contribution in [-0.4, -0.2) is 72.6 Å². The predicted molar refractivity (Wildman–Crippen MR) is 150 cm³/mol. The van der Waals surface area contributed by atoms with E-state index in [1.54, 1.807) is 18.7 Å². The molecule has 0 aromatic heterocycles. The molecule has 1 aromatic carbocycles. The van der Waals surface area contributed by atoms with Gasteiger partial charge < -0.3 is 15.0 Å². The molecule has 1 N–H and O–H groups in total. The number of thioether (sulfide) groups is 1. The number of nitrogens with zero attached hydrogens (tertiary/aromatic N) is 2. The average molecular weight is 511 g/mol. The first-order chi connectivity index (χ1) is 17.2. The summed E-state index contributed by atoms with van der Waals surface area (Å²) in [4.78, 5) is 29.0. The summed E-state index contributed by atoms with van der Waals surface area (Å²) in [6.45, 7) is 12.7. The van der Waals surface area contributed by atoms with Gasteiger partial charge in [-0.3, -0.25) is 4.79 Å². The van der Waals surface area contributed by atoms with E-state index in [4.69, 9.17) is 4.74 Å². The molecular formula is C29H40N3O3S+. The van der Waals surface area contributed by atoms with Crippen molar-refractivity contribution in [3.05, 3.63) is 58.5 Å². The maximum absolute atomic E-state index is 13.0. The Hall–Kier alpha value is -2.64. The Labute approximate surface area is 220 Å². The number of nitrogens with one attached hydrogen (secondary N) is 1. The molecule has 0 saturated carbocycles. The fourth-order valence-corrected chi connectivity index (χ4v) is 5.64.